The van der Waals surface area contributed by atoms with Gasteiger partial charge in [0.2, 0.25) is 0 Å². The third-order valence-corrected chi connectivity index (χ3v) is 6.83. The molecule has 3 aromatic carbocycles. The molecule has 0 fully saturated rings. The van der Waals surface area contributed by atoms with E-state index in [4.69, 9.17) is 10.00 Å². The van der Waals surface area contributed by atoms with E-state index >= 15 is 0 Å². The molecule has 1 atom stereocenters. The molecule has 5 nitrogen and oxygen atoms in total. The molecule has 0 spiro atoms. The fourth-order valence-electron chi connectivity index (χ4n) is 4.57. The second kappa shape index (κ2) is 11.2. The van der Waals surface area contributed by atoms with E-state index in [0.717, 1.165) is 22.9 Å². The highest BCUT2D eigenvalue weighted by Gasteiger charge is 2.33. The van der Waals surface area contributed by atoms with Crippen LogP contribution in [-0.4, -0.2) is 17.4 Å². The average molecular weight is 496 g/mol. The SMILES string of the molecule is CCC(C)(C)C(c1ccccc1)c1cc(OCc2ccc3cc(F)ccc3n2)ccc1C(=O)NCC#N. The molecule has 1 N–H and O–H groups in total. The van der Waals surface area contributed by atoms with E-state index in [1.54, 1.807) is 18.2 Å². The van der Waals surface area contributed by atoms with E-state index < -0.39 is 0 Å². The van der Waals surface area contributed by atoms with Gasteiger partial charge in [-0.2, -0.15) is 5.26 Å². The molecule has 0 saturated heterocycles. The van der Waals surface area contributed by atoms with Crippen LogP contribution in [0.4, 0.5) is 4.39 Å². The van der Waals surface area contributed by atoms with E-state index in [2.05, 4.69) is 43.2 Å². The molecule has 1 unspecified atom stereocenters. The Bertz CT molecular complexity index is 1440. The molecule has 0 aliphatic carbocycles. The molecular weight excluding hydrogens is 465 g/mol. The van der Waals surface area contributed by atoms with E-state index in [-0.39, 0.29) is 36.2 Å². The van der Waals surface area contributed by atoms with Crippen LogP contribution in [0.5, 0.6) is 5.75 Å². The molecule has 0 aliphatic heterocycles. The number of carbonyl (C=O) groups is 1. The molecule has 1 amide bonds. The zero-order valence-corrected chi connectivity index (χ0v) is 21.3. The Kier molecular flexibility index (Phi) is 7.83. The number of aromatic nitrogens is 1. The first-order chi connectivity index (χ1) is 17.8. The summed E-state index contributed by atoms with van der Waals surface area (Å²) in [5, 5.41) is 12.4. The lowest BCUT2D eigenvalue weighted by Crippen LogP contribution is -2.29. The summed E-state index contributed by atoms with van der Waals surface area (Å²) < 4.78 is 19.6. The third kappa shape index (κ3) is 5.95. The fourth-order valence-corrected chi connectivity index (χ4v) is 4.57. The van der Waals surface area contributed by atoms with Crippen LogP contribution in [0.15, 0.2) is 78.9 Å². The average Bonchev–Trinajstić information content (AvgIpc) is 2.91. The number of hydrogen-bond donors (Lipinski definition) is 1. The zero-order valence-electron chi connectivity index (χ0n) is 21.3. The lowest BCUT2D eigenvalue weighted by atomic mass is 9.68. The number of carbonyl (C=O) groups excluding carboxylic acids is 1. The summed E-state index contributed by atoms with van der Waals surface area (Å²) in [6.45, 7) is 6.68. The van der Waals surface area contributed by atoms with Gasteiger partial charge in [-0.25, -0.2) is 9.37 Å². The Labute approximate surface area is 216 Å². The molecule has 0 aliphatic rings. The van der Waals surface area contributed by atoms with Gasteiger partial charge in [-0.3, -0.25) is 4.79 Å². The van der Waals surface area contributed by atoms with Crippen LogP contribution in [0.2, 0.25) is 0 Å². The Hall–Kier alpha value is -4.24. The Morgan fingerprint density at radius 1 is 1.08 bits per heavy atom. The number of pyridine rings is 1. The van der Waals surface area contributed by atoms with Crippen molar-refractivity contribution in [1.29, 1.82) is 5.26 Å². The third-order valence-electron chi connectivity index (χ3n) is 6.83. The molecule has 188 valence electrons. The van der Waals surface area contributed by atoms with E-state index in [1.165, 1.54) is 12.1 Å². The molecule has 1 aromatic heterocycles. The highest BCUT2D eigenvalue weighted by atomic mass is 19.1. The number of nitrogens with zero attached hydrogens (tertiary/aromatic N) is 2. The van der Waals surface area contributed by atoms with E-state index in [1.807, 2.05) is 42.5 Å². The highest BCUT2D eigenvalue weighted by molar-refractivity contribution is 5.96. The fraction of sp³-hybridized carbons (Fsp3) is 0.258. The largest absolute Gasteiger partial charge is 0.487 e. The molecule has 0 radical (unpaired) electrons. The molecular formula is C31H30FN3O2. The summed E-state index contributed by atoms with van der Waals surface area (Å²) in [7, 11) is 0. The molecule has 4 rings (SSSR count). The number of amides is 1. The Morgan fingerprint density at radius 3 is 2.59 bits per heavy atom. The summed E-state index contributed by atoms with van der Waals surface area (Å²) in [6.07, 6.45) is 0.887. The molecule has 0 bridgehead atoms. The summed E-state index contributed by atoms with van der Waals surface area (Å²) in [6, 6.07) is 25.7. The van der Waals surface area contributed by atoms with Crippen molar-refractivity contribution in [1.82, 2.24) is 10.3 Å². The van der Waals surface area contributed by atoms with Gasteiger partial charge in [0.25, 0.3) is 5.91 Å². The first-order valence-corrected chi connectivity index (χ1v) is 12.3. The molecule has 4 aromatic rings. The van der Waals surface area contributed by atoms with Gasteiger partial charge >= 0.3 is 0 Å². The number of ether oxygens (including phenoxy) is 1. The summed E-state index contributed by atoms with van der Waals surface area (Å²) in [5.74, 6) is -0.0634. The van der Waals surface area contributed by atoms with Gasteiger partial charge in [-0.05, 0) is 59.0 Å². The number of nitrogens with one attached hydrogen (secondary N) is 1. The van der Waals surface area contributed by atoms with Gasteiger partial charge in [0.15, 0.2) is 0 Å². The quantitative estimate of drug-likeness (QED) is 0.260. The van der Waals surface area contributed by atoms with E-state index in [9.17, 15) is 9.18 Å². The van der Waals surface area contributed by atoms with Gasteiger partial charge in [0, 0.05) is 16.9 Å². The molecule has 37 heavy (non-hydrogen) atoms. The lowest BCUT2D eigenvalue weighted by Gasteiger charge is -2.35. The first-order valence-electron chi connectivity index (χ1n) is 12.3. The van der Waals surface area contributed by atoms with Gasteiger partial charge in [0.1, 0.15) is 24.7 Å². The van der Waals surface area contributed by atoms with Crippen LogP contribution in [0.25, 0.3) is 10.9 Å². The monoisotopic (exact) mass is 495 g/mol. The number of halogens is 1. The van der Waals surface area contributed by atoms with Crippen LogP contribution < -0.4 is 10.1 Å². The van der Waals surface area contributed by atoms with Gasteiger partial charge in [0.05, 0.1) is 17.3 Å². The number of nitriles is 1. The standard InChI is InChI=1S/C31H30FN3O2/c1-4-31(2,3)29(21-8-6-5-7-9-21)27-19-25(13-14-26(27)30(36)34-17-16-33)37-20-24-12-10-22-18-23(32)11-15-28(22)35-24/h5-15,18-19,29H,4,17,20H2,1-3H3,(H,34,36). The minimum absolute atomic E-state index is 0.0682. The summed E-state index contributed by atoms with van der Waals surface area (Å²) in [5.41, 5.74) is 3.70. The lowest BCUT2D eigenvalue weighted by molar-refractivity contribution is 0.0956. The smallest absolute Gasteiger partial charge is 0.252 e. The predicted molar refractivity (Wildman–Crippen MR) is 143 cm³/mol. The Morgan fingerprint density at radius 2 is 1.86 bits per heavy atom. The maximum absolute atomic E-state index is 13.5. The van der Waals surface area contributed by atoms with Crippen LogP contribution in [0.3, 0.4) is 0 Å². The number of rotatable bonds is 9. The van der Waals surface area contributed by atoms with Crippen LogP contribution in [-0.2, 0) is 6.61 Å². The minimum atomic E-state index is -0.298. The second-order valence-electron chi connectivity index (χ2n) is 9.70. The molecule has 1 heterocycles. The van der Waals surface area contributed by atoms with Gasteiger partial charge in [-0.1, -0.05) is 63.6 Å². The van der Waals surface area contributed by atoms with Crippen molar-refractivity contribution in [3.05, 3.63) is 107 Å². The molecule has 6 heteroatoms. The summed E-state index contributed by atoms with van der Waals surface area (Å²) >= 11 is 0. The topological polar surface area (TPSA) is 75.0 Å². The van der Waals surface area contributed by atoms with Crippen molar-refractivity contribution in [3.63, 3.8) is 0 Å². The van der Waals surface area contributed by atoms with Crippen molar-refractivity contribution in [3.8, 4) is 11.8 Å². The van der Waals surface area contributed by atoms with Gasteiger partial charge < -0.3 is 10.1 Å². The second-order valence-corrected chi connectivity index (χ2v) is 9.70. The maximum Gasteiger partial charge on any atom is 0.252 e. The van der Waals surface area contributed by atoms with Crippen molar-refractivity contribution in [2.45, 2.75) is 39.7 Å². The Balaban J connectivity index is 1.71. The number of benzene rings is 3. The summed E-state index contributed by atoms with van der Waals surface area (Å²) in [4.78, 5) is 17.7. The van der Waals surface area contributed by atoms with Crippen molar-refractivity contribution < 1.29 is 13.9 Å². The first kappa shape index (κ1) is 25.8. The van der Waals surface area contributed by atoms with Crippen molar-refractivity contribution in [2.24, 2.45) is 5.41 Å². The van der Waals surface area contributed by atoms with Gasteiger partial charge in [-0.15, -0.1) is 0 Å². The van der Waals surface area contributed by atoms with Crippen LogP contribution >= 0.6 is 0 Å². The van der Waals surface area contributed by atoms with Crippen molar-refractivity contribution >= 4 is 16.8 Å². The minimum Gasteiger partial charge on any atom is -0.487 e. The number of fused-ring (bicyclic) bond motifs is 1. The number of hydrogen-bond acceptors (Lipinski definition) is 4. The zero-order chi connectivity index (χ0) is 26.4. The normalized spacial score (nSPS) is 12.1. The molecule has 0 saturated carbocycles. The highest BCUT2D eigenvalue weighted by Crippen LogP contribution is 2.45. The van der Waals surface area contributed by atoms with Crippen LogP contribution in [0.1, 0.15) is 60.3 Å². The van der Waals surface area contributed by atoms with Crippen LogP contribution in [0, 0.1) is 22.6 Å². The predicted octanol–water partition coefficient (Wildman–Crippen LogP) is 6.77. The maximum atomic E-state index is 13.5. The van der Waals surface area contributed by atoms with E-state index in [0.29, 0.717) is 22.5 Å². The van der Waals surface area contributed by atoms with Crippen molar-refractivity contribution in [2.75, 3.05) is 6.54 Å².